The number of nitrogens with zero attached hydrogens (tertiary/aromatic N) is 4. The molecule has 106 valence electrons. The number of para-hydroxylation sites is 4. The van der Waals surface area contributed by atoms with Crippen LogP contribution in [0.2, 0.25) is 0 Å². The summed E-state index contributed by atoms with van der Waals surface area (Å²) in [6.07, 6.45) is 3.30. The molecule has 22 heavy (non-hydrogen) atoms. The molecule has 0 spiro atoms. The highest BCUT2D eigenvalue weighted by molar-refractivity contribution is 5.82. The van der Waals surface area contributed by atoms with Crippen LogP contribution in [0.4, 0.5) is 5.95 Å². The molecule has 0 amide bonds. The predicted molar refractivity (Wildman–Crippen MR) is 86.8 cm³/mol. The number of fused-ring (bicyclic) bond motifs is 2. The lowest BCUT2D eigenvalue weighted by Crippen LogP contribution is -1.95. The van der Waals surface area contributed by atoms with Gasteiger partial charge in [0.15, 0.2) is 0 Å². The first kappa shape index (κ1) is 12.5. The van der Waals surface area contributed by atoms with Crippen molar-refractivity contribution < 1.29 is 0 Å². The van der Waals surface area contributed by atoms with Gasteiger partial charge in [-0.1, -0.05) is 24.3 Å². The molecule has 0 radical (unpaired) electrons. The average Bonchev–Trinajstić information content (AvgIpc) is 2.97. The zero-order chi connectivity index (χ0) is 14.8. The molecule has 0 saturated carbocycles. The molecule has 0 aliphatic heterocycles. The summed E-state index contributed by atoms with van der Waals surface area (Å²) in [5.74, 6) is 0.589. The first-order valence-electron chi connectivity index (χ1n) is 6.84. The van der Waals surface area contributed by atoms with Crippen molar-refractivity contribution in [2.24, 2.45) is 5.10 Å². The van der Waals surface area contributed by atoms with Crippen LogP contribution in [0.25, 0.3) is 22.1 Å². The van der Waals surface area contributed by atoms with Crippen LogP contribution in [-0.4, -0.2) is 26.2 Å². The van der Waals surface area contributed by atoms with E-state index in [0.29, 0.717) is 11.6 Å². The minimum absolute atomic E-state index is 0.589. The molecule has 2 heterocycles. The Morgan fingerprint density at radius 3 is 2.55 bits per heavy atom. The average molecular weight is 288 g/mol. The quantitative estimate of drug-likeness (QED) is 0.449. The molecule has 4 aromatic rings. The van der Waals surface area contributed by atoms with Gasteiger partial charge in [0, 0.05) is 0 Å². The fourth-order valence-corrected chi connectivity index (χ4v) is 2.20. The van der Waals surface area contributed by atoms with Crippen LogP contribution in [0.5, 0.6) is 0 Å². The summed E-state index contributed by atoms with van der Waals surface area (Å²) in [4.78, 5) is 16.3. The van der Waals surface area contributed by atoms with Gasteiger partial charge in [-0.15, -0.1) is 0 Å². The summed E-state index contributed by atoms with van der Waals surface area (Å²) >= 11 is 0. The van der Waals surface area contributed by atoms with Crippen molar-refractivity contribution >= 4 is 34.2 Å². The van der Waals surface area contributed by atoms with Gasteiger partial charge >= 0.3 is 0 Å². The van der Waals surface area contributed by atoms with Gasteiger partial charge in [0.1, 0.15) is 5.69 Å². The SMILES string of the molecule is C(=NNc1nc2ccccc2[nH]1)c1cnc2ccccc2n1. The highest BCUT2D eigenvalue weighted by Gasteiger charge is 2.00. The van der Waals surface area contributed by atoms with Gasteiger partial charge in [0.05, 0.1) is 34.5 Å². The normalized spacial score (nSPS) is 11.5. The number of rotatable bonds is 3. The Kier molecular flexibility index (Phi) is 2.97. The van der Waals surface area contributed by atoms with Gasteiger partial charge < -0.3 is 4.98 Å². The molecular formula is C16H12N6. The van der Waals surface area contributed by atoms with Crippen molar-refractivity contribution in [2.75, 3.05) is 5.43 Å². The lowest BCUT2D eigenvalue weighted by Gasteiger charge is -1.97. The molecule has 0 saturated heterocycles. The Morgan fingerprint density at radius 2 is 1.68 bits per heavy atom. The van der Waals surface area contributed by atoms with Gasteiger partial charge in [-0.3, -0.25) is 4.98 Å². The molecule has 6 nitrogen and oxygen atoms in total. The molecule has 0 unspecified atom stereocenters. The third kappa shape index (κ3) is 2.37. The summed E-state index contributed by atoms with van der Waals surface area (Å²) in [5.41, 5.74) is 7.11. The standard InChI is InChI=1S/C16H12N6/c1-2-6-13-12(5-1)17-9-11(19-13)10-18-22-16-20-14-7-3-4-8-15(14)21-16/h1-10H,(H2,20,21,22). The van der Waals surface area contributed by atoms with Crippen molar-refractivity contribution in [3.8, 4) is 0 Å². The summed E-state index contributed by atoms with van der Waals surface area (Å²) in [5, 5.41) is 4.14. The molecule has 0 atom stereocenters. The van der Waals surface area contributed by atoms with Crippen LogP contribution in [0.1, 0.15) is 5.69 Å². The minimum atomic E-state index is 0.589. The summed E-state index contributed by atoms with van der Waals surface area (Å²) in [6.45, 7) is 0. The maximum atomic E-state index is 4.47. The van der Waals surface area contributed by atoms with Gasteiger partial charge in [-0.05, 0) is 24.3 Å². The van der Waals surface area contributed by atoms with E-state index in [2.05, 4.69) is 30.5 Å². The molecule has 2 N–H and O–H groups in total. The van der Waals surface area contributed by atoms with E-state index >= 15 is 0 Å². The molecule has 0 bridgehead atoms. The number of imidazole rings is 1. The number of H-pyrrole nitrogens is 1. The van der Waals surface area contributed by atoms with E-state index in [1.807, 2.05) is 48.5 Å². The molecule has 6 heteroatoms. The molecule has 0 fully saturated rings. The van der Waals surface area contributed by atoms with E-state index in [9.17, 15) is 0 Å². The molecule has 4 rings (SSSR count). The number of nitrogens with one attached hydrogen (secondary N) is 2. The highest BCUT2D eigenvalue weighted by atomic mass is 15.4. The third-order valence-corrected chi connectivity index (χ3v) is 3.22. The summed E-state index contributed by atoms with van der Waals surface area (Å²) in [6, 6.07) is 15.5. The van der Waals surface area contributed by atoms with Crippen LogP contribution in [0, 0.1) is 0 Å². The van der Waals surface area contributed by atoms with Crippen molar-refractivity contribution in [1.29, 1.82) is 0 Å². The number of benzene rings is 2. The van der Waals surface area contributed by atoms with Crippen LogP contribution in [-0.2, 0) is 0 Å². The van der Waals surface area contributed by atoms with Crippen molar-refractivity contribution in [3.05, 3.63) is 60.4 Å². The van der Waals surface area contributed by atoms with Crippen LogP contribution >= 0.6 is 0 Å². The van der Waals surface area contributed by atoms with Crippen LogP contribution in [0.15, 0.2) is 59.8 Å². The summed E-state index contributed by atoms with van der Waals surface area (Å²) < 4.78 is 0. The maximum absolute atomic E-state index is 4.47. The highest BCUT2D eigenvalue weighted by Crippen LogP contribution is 2.13. The Balaban J connectivity index is 1.55. The molecule has 2 aromatic carbocycles. The number of anilines is 1. The second-order valence-corrected chi connectivity index (χ2v) is 4.76. The van der Waals surface area contributed by atoms with E-state index in [1.54, 1.807) is 12.4 Å². The van der Waals surface area contributed by atoms with Crippen molar-refractivity contribution in [2.45, 2.75) is 0 Å². The number of hydrogen-bond acceptors (Lipinski definition) is 5. The summed E-state index contributed by atoms with van der Waals surface area (Å²) in [7, 11) is 0. The topological polar surface area (TPSA) is 78.9 Å². The smallest absolute Gasteiger partial charge is 0.222 e. The van der Waals surface area contributed by atoms with E-state index in [1.165, 1.54) is 0 Å². The third-order valence-electron chi connectivity index (χ3n) is 3.22. The fraction of sp³-hybridized carbons (Fsp3) is 0. The molecule has 0 aliphatic carbocycles. The van der Waals surface area contributed by atoms with E-state index < -0.39 is 0 Å². The lowest BCUT2D eigenvalue weighted by atomic mass is 10.3. The Bertz CT molecular complexity index is 939. The fourth-order valence-electron chi connectivity index (χ4n) is 2.20. The number of hydrazone groups is 1. The van der Waals surface area contributed by atoms with Crippen molar-refractivity contribution in [1.82, 2.24) is 19.9 Å². The van der Waals surface area contributed by atoms with Crippen LogP contribution < -0.4 is 5.43 Å². The number of hydrogen-bond donors (Lipinski definition) is 2. The van der Waals surface area contributed by atoms with E-state index in [4.69, 9.17) is 0 Å². The monoisotopic (exact) mass is 288 g/mol. The lowest BCUT2D eigenvalue weighted by molar-refractivity contribution is 1.20. The predicted octanol–water partition coefficient (Wildman–Crippen LogP) is 2.95. The zero-order valence-electron chi connectivity index (χ0n) is 11.6. The molecule has 2 aromatic heterocycles. The zero-order valence-corrected chi connectivity index (χ0v) is 11.6. The maximum Gasteiger partial charge on any atom is 0.222 e. The second kappa shape index (κ2) is 5.25. The number of aromatic nitrogens is 4. The minimum Gasteiger partial charge on any atom is -0.323 e. The Morgan fingerprint density at radius 1 is 0.909 bits per heavy atom. The Labute approximate surface area is 126 Å². The molecular weight excluding hydrogens is 276 g/mol. The second-order valence-electron chi connectivity index (χ2n) is 4.76. The number of aromatic amines is 1. The van der Waals surface area contributed by atoms with Gasteiger partial charge in [0.2, 0.25) is 5.95 Å². The van der Waals surface area contributed by atoms with Gasteiger partial charge in [-0.2, -0.15) is 5.10 Å². The van der Waals surface area contributed by atoms with Crippen LogP contribution in [0.3, 0.4) is 0 Å². The first-order valence-corrected chi connectivity index (χ1v) is 6.84. The van der Waals surface area contributed by atoms with E-state index in [0.717, 1.165) is 22.1 Å². The van der Waals surface area contributed by atoms with Crippen molar-refractivity contribution in [3.63, 3.8) is 0 Å². The van der Waals surface area contributed by atoms with Gasteiger partial charge in [-0.25, -0.2) is 15.4 Å². The Hall–Kier alpha value is -3.28. The first-order chi connectivity index (χ1) is 10.9. The molecule has 0 aliphatic rings. The largest absolute Gasteiger partial charge is 0.323 e. The van der Waals surface area contributed by atoms with Gasteiger partial charge in [0.25, 0.3) is 0 Å². The van der Waals surface area contributed by atoms with E-state index in [-0.39, 0.29) is 0 Å².